The first-order valence-electron chi connectivity index (χ1n) is 11.4. The summed E-state index contributed by atoms with van der Waals surface area (Å²) in [6, 6.07) is 22.0. The molecular formula is C27H28N4O2. The number of fused-ring (bicyclic) bond motifs is 1. The van der Waals surface area contributed by atoms with Crippen LogP contribution in [0.5, 0.6) is 5.75 Å². The van der Waals surface area contributed by atoms with E-state index in [4.69, 9.17) is 9.72 Å². The van der Waals surface area contributed by atoms with E-state index in [1.807, 2.05) is 66.4 Å². The van der Waals surface area contributed by atoms with Crippen molar-refractivity contribution in [2.45, 2.75) is 25.7 Å². The molecule has 4 aromatic rings. The predicted octanol–water partition coefficient (Wildman–Crippen LogP) is 5.73. The first-order valence-corrected chi connectivity index (χ1v) is 11.4. The van der Waals surface area contributed by atoms with Gasteiger partial charge in [-0.2, -0.15) is 0 Å². The molecule has 1 saturated heterocycles. The topological polar surface area (TPSA) is 58.9 Å². The average Bonchev–Trinajstić information content (AvgIpc) is 3.24. The zero-order valence-electron chi connectivity index (χ0n) is 19.0. The summed E-state index contributed by atoms with van der Waals surface area (Å²) in [5.74, 6) is 1.97. The lowest BCUT2D eigenvalue weighted by atomic mass is 9.97. The first-order chi connectivity index (χ1) is 16.1. The van der Waals surface area contributed by atoms with Gasteiger partial charge in [0.15, 0.2) is 0 Å². The lowest BCUT2D eigenvalue weighted by molar-refractivity contribution is 0.191. The summed E-state index contributed by atoms with van der Waals surface area (Å²) in [5, 5.41) is 3.05. The second-order valence-electron chi connectivity index (χ2n) is 8.59. The molecule has 33 heavy (non-hydrogen) atoms. The number of rotatable bonds is 4. The lowest BCUT2D eigenvalue weighted by Gasteiger charge is -2.32. The number of benzene rings is 2. The van der Waals surface area contributed by atoms with E-state index >= 15 is 0 Å². The number of anilines is 1. The highest BCUT2D eigenvalue weighted by Crippen LogP contribution is 2.33. The van der Waals surface area contributed by atoms with Crippen LogP contribution in [0.25, 0.3) is 16.8 Å². The standard InChI is InChI=1S/C27H28N4O2/c1-19-8-5-11-22(16-19)28-27(32)30-14-7-10-21(18-30)26-29-25(24-13-3-4-15-31(24)26)20-9-6-12-23(17-20)33-2/h3-6,8-9,11-13,15-17,21H,7,10,14,18H2,1-2H3,(H,28,32). The molecule has 2 amide bonds. The highest BCUT2D eigenvalue weighted by Gasteiger charge is 2.28. The Morgan fingerprint density at radius 1 is 1.09 bits per heavy atom. The summed E-state index contributed by atoms with van der Waals surface area (Å²) in [7, 11) is 1.67. The van der Waals surface area contributed by atoms with Crippen molar-refractivity contribution in [3.63, 3.8) is 0 Å². The van der Waals surface area contributed by atoms with Crippen LogP contribution in [0.1, 0.15) is 30.1 Å². The first kappa shape index (κ1) is 21.1. The number of piperidine rings is 1. The number of ether oxygens (including phenoxy) is 1. The van der Waals surface area contributed by atoms with Crippen LogP contribution in [0.4, 0.5) is 10.5 Å². The molecule has 1 aliphatic heterocycles. The third-order valence-electron chi connectivity index (χ3n) is 6.26. The molecule has 0 radical (unpaired) electrons. The van der Waals surface area contributed by atoms with E-state index in [0.717, 1.165) is 59.0 Å². The van der Waals surface area contributed by atoms with E-state index in [0.29, 0.717) is 6.54 Å². The molecule has 1 unspecified atom stereocenters. The maximum atomic E-state index is 13.0. The maximum Gasteiger partial charge on any atom is 0.321 e. The van der Waals surface area contributed by atoms with Gasteiger partial charge in [0.25, 0.3) is 0 Å². The molecule has 6 heteroatoms. The van der Waals surface area contributed by atoms with Crippen molar-refractivity contribution in [2.75, 3.05) is 25.5 Å². The number of nitrogens with one attached hydrogen (secondary N) is 1. The zero-order valence-corrected chi connectivity index (χ0v) is 19.0. The third-order valence-corrected chi connectivity index (χ3v) is 6.26. The Morgan fingerprint density at radius 3 is 2.82 bits per heavy atom. The number of likely N-dealkylation sites (tertiary alicyclic amines) is 1. The van der Waals surface area contributed by atoms with E-state index in [1.165, 1.54) is 0 Å². The highest BCUT2D eigenvalue weighted by molar-refractivity contribution is 5.89. The zero-order chi connectivity index (χ0) is 22.8. The van der Waals surface area contributed by atoms with E-state index in [-0.39, 0.29) is 11.9 Å². The van der Waals surface area contributed by atoms with E-state index in [2.05, 4.69) is 28.0 Å². The molecule has 168 valence electrons. The van der Waals surface area contributed by atoms with Crippen LogP contribution >= 0.6 is 0 Å². The molecule has 0 aliphatic carbocycles. The fraction of sp³-hybridized carbons (Fsp3) is 0.259. The van der Waals surface area contributed by atoms with Crippen LogP contribution in [-0.2, 0) is 0 Å². The molecule has 0 bridgehead atoms. The Balaban J connectivity index is 1.43. The number of pyridine rings is 1. The number of urea groups is 1. The fourth-order valence-corrected chi connectivity index (χ4v) is 4.63. The number of carbonyl (C=O) groups excluding carboxylic acids is 1. The van der Waals surface area contributed by atoms with E-state index in [1.54, 1.807) is 7.11 Å². The molecule has 5 rings (SSSR count). The predicted molar refractivity (Wildman–Crippen MR) is 131 cm³/mol. The Labute approximate surface area is 193 Å². The van der Waals surface area contributed by atoms with Crippen molar-refractivity contribution in [3.05, 3.63) is 84.3 Å². The van der Waals surface area contributed by atoms with Crippen LogP contribution in [-0.4, -0.2) is 40.5 Å². The molecule has 2 aromatic heterocycles. The molecule has 6 nitrogen and oxygen atoms in total. The second kappa shape index (κ2) is 8.98. The maximum absolute atomic E-state index is 13.0. The Bertz CT molecular complexity index is 1300. The SMILES string of the molecule is COc1cccc(-c2nc(C3CCCN(C(=O)Nc4cccc(C)c4)C3)n3ccccc23)c1. The van der Waals surface area contributed by atoms with Gasteiger partial charge < -0.3 is 19.4 Å². The minimum Gasteiger partial charge on any atom is -0.497 e. The molecule has 0 saturated carbocycles. The van der Waals surface area contributed by atoms with Crippen molar-refractivity contribution in [2.24, 2.45) is 0 Å². The number of hydrogen-bond acceptors (Lipinski definition) is 3. The van der Waals surface area contributed by atoms with Crippen LogP contribution in [0.15, 0.2) is 72.9 Å². The summed E-state index contributed by atoms with van der Waals surface area (Å²) < 4.78 is 7.59. The number of nitrogens with zero attached hydrogens (tertiary/aromatic N) is 3. The number of carbonyl (C=O) groups is 1. The highest BCUT2D eigenvalue weighted by atomic mass is 16.5. The third kappa shape index (κ3) is 4.29. The summed E-state index contributed by atoms with van der Waals surface area (Å²) >= 11 is 0. The molecule has 1 N–H and O–H groups in total. The fourth-order valence-electron chi connectivity index (χ4n) is 4.63. The van der Waals surface area contributed by atoms with Gasteiger partial charge in [-0.3, -0.25) is 0 Å². The monoisotopic (exact) mass is 440 g/mol. The van der Waals surface area contributed by atoms with E-state index < -0.39 is 0 Å². The summed E-state index contributed by atoms with van der Waals surface area (Å²) in [5.41, 5.74) is 4.97. The van der Waals surface area contributed by atoms with Gasteiger partial charge in [-0.1, -0.05) is 30.3 Å². The number of hydrogen-bond donors (Lipinski definition) is 1. The normalized spacial score (nSPS) is 16.1. The van der Waals surface area contributed by atoms with Crippen LogP contribution < -0.4 is 10.1 Å². The summed E-state index contributed by atoms with van der Waals surface area (Å²) in [4.78, 5) is 20.0. The number of aromatic nitrogens is 2. The van der Waals surface area contributed by atoms with Gasteiger partial charge >= 0.3 is 6.03 Å². The molecule has 1 aliphatic rings. The Morgan fingerprint density at radius 2 is 1.97 bits per heavy atom. The molecule has 0 spiro atoms. The molecular weight excluding hydrogens is 412 g/mol. The smallest absolute Gasteiger partial charge is 0.321 e. The quantitative estimate of drug-likeness (QED) is 0.441. The van der Waals surface area contributed by atoms with Gasteiger partial charge in [0.05, 0.1) is 18.3 Å². The molecule has 2 aromatic carbocycles. The number of amides is 2. The van der Waals surface area contributed by atoms with Gasteiger partial charge in [-0.15, -0.1) is 0 Å². The van der Waals surface area contributed by atoms with Crippen molar-refractivity contribution in [1.82, 2.24) is 14.3 Å². The lowest BCUT2D eigenvalue weighted by Crippen LogP contribution is -2.42. The summed E-state index contributed by atoms with van der Waals surface area (Å²) in [6.45, 7) is 3.42. The van der Waals surface area contributed by atoms with Gasteiger partial charge in [-0.05, 0) is 61.7 Å². The van der Waals surface area contributed by atoms with Gasteiger partial charge in [-0.25, -0.2) is 9.78 Å². The minimum absolute atomic E-state index is 0.0563. The molecule has 1 fully saturated rings. The van der Waals surface area contributed by atoms with Crippen LogP contribution in [0, 0.1) is 6.92 Å². The van der Waals surface area contributed by atoms with Crippen molar-refractivity contribution in [1.29, 1.82) is 0 Å². The average molecular weight is 441 g/mol. The minimum atomic E-state index is -0.0563. The Kier molecular flexibility index (Phi) is 5.73. The van der Waals surface area contributed by atoms with E-state index in [9.17, 15) is 4.79 Å². The largest absolute Gasteiger partial charge is 0.497 e. The van der Waals surface area contributed by atoms with Crippen molar-refractivity contribution < 1.29 is 9.53 Å². The number of methoxy groups -OCH3 is 1. The summed E-state index contributed by atoms with van der Waals surface area (Å²) in [6.07, 6.45) is 4.01. The molecule has 3 heterocycles. The van der Waals surface area contributed by atoms with Crippen molar-refractivity contribution in [3.8, 4) is 17.0 Å². The van der Waals surface area contributed by atoms with Gasteiger partial charge in [0.2, 0.25) is 0 Å². The van der Waals surface area contributed by atoms with Crippen LogP contribution in [0.2, 0.25) is 0 Å². The van der Waals surface area contributed by atoms with Gasteiger partial charge in [0.1, 0.15) is 11.6 Å². The Hall–Kier alpha value is -3.80. The van der Waals surface area contributed by atoms with Crippen molar-refractivity contribution >= 4 is 17.2 Å². The number of imidazole rings is 1. The number of aryl methyl sites for hydroxylation is 1. The second-order valence-corrected chi connectivity index (χ2v) is 8.59. The molecule has 1 atom stereocenters. The van der Waals surface area contributed by atoms with Gasteiger partial charge in [0, 0.05) is 36.5 Å². The van der Waals surface area contributed by atoms with Crippen LogP contribution in [0.3, 0.4) is 0 Å².